The Morgan fingerprint density at radius 1 is 0.700 bits per heavy atom. The highest BCUT2D eigenvalue weighted by Gasteiger charge is 2.18. The van der Waals surface area contributed by atoms with Crippen LogP contribution in [0.25, 0.3) is 27.8 Å². The number of halogens is 3. The SMILES string of the molecule is CCCCCCCCCOc1ccc(-c2ccc(-c3ccc(C4=CCC(CCC)CC4)c(F)c3)cc2)c(F)c1F. The van der Waals surface area contributed by atoms with Crippen LogP contribution in [0.2, 0.25) is 0 Å². The minimum absolute atomic E-state index is 0.0478. The summed E-state index contributed by atoms with van der Waals surface area (Å²) in [6.07, 6.45) is 15.6. The Balaban J connectivity index is 1.37. The predicted octanol–water partition coefficient (Wildman–Crippen LogP) is 11.6. The number of rotatable bonds is 14. The molecule has 1 aliphatic carbocycles. The van der Waals surface area contributed by atoms with Gasteiger partial charge in [0.25, 0.3) is 0 Å². The number of hydrogen-bond acceptors (Lipinski definition) is 1. The molecule has 1 unspecified atom stereocenters. The minimum Gasteiger partial charge on any atom is -0.490 e. The number of ether oxygens (including phenoxy) is 1. The third kappa shape index (κ3) is 7.80. The van der Waals surface area contributed by atoms with E-state index in [4.69, 9.17) is 4.74 Å². The summed E-state index contributed by atoms with van der Waals surface area (Å²) < 4.78 is 50.3. The molecular weight excluding hydrogens is 505 g/mol. The smallest absolute Gasteiger partial charge is 0.201 e. The molecule has 1 nitrogen and oxygen atoms in total. The van der Waals surface area contributed by atoms with Crippen LogP contribution in [0.4, 0.5) is 13.2 Å². The van der Waals surface area contributed by atoms with Gasteiger partial charge in [0.1, 0.15) is 5.82 Å². The molecule has 0 saturated carbocycles. The molecule has 214 valence electrons. The Hall–Kier alpha value is -3.01. The molecule has 0 aliphatic heterocycles. The van der Waals surface area contributed by atoms with Gasteiger partial charge >= 0.3 is 0 Å². The molecule has 1 atom stereocenters. The van der Waals surface area contributed by atoms with Crippen molar-refractivity contribution < 1.29 is 17.9 Å². The third-order valence-electron chi connectivity index (χ3n) is 8.11. The van der Waals surface area contributed by atoms with E-state index in [0.29, 0.717) is 23.7 Å². The average molecular weight is 549 g/mol. The van der Waals surface area contributed by atoms with E-state index in [1.54, 1.807) is 24.3 Å². The lowest BCUT2D eigenvalue weighted by Gasteiger charge is -2.22. The summed E-state index contributed by atoms with van der Waals surface area (Å²) in [5.41, 5.74) is 4.10. The van der Waals surface area contributed by atoms with Crippen LogP contribution in [0.1, 0.15) is 96.5 Å². The maximum Gasteiger partial charge on any atom is 0.201 e. The normalized spacial score (nSPS) is 15.2. The lowest BCUT2D eigenvalue weighted by atomic mass is 9.84. The highest BCUT2D eigenvalue weighted by molar-refractivity contribution is 5.74. The molecule has 40 heavy (non-hydrogen) atoms. The van der Waals surface area contributed by atoms with Crippen LogP contribution in [-0.4, -0.2) is 6.61 Å². The Labute approximate surface area is 238 Å². The van der Waals surface area contributed by atoms with Crippen molar-refractivity contribution in [1.82, 2.24) is 0 Å². The van der Waals surface area contributed by atoms with Crippen LogP contribution in [-0.2, 0) is 0 Å². The Morgan fingerprint density at radius 3 is 2.05 bits per heavy atom. The maximum absolute atomic E-state index is 15.1. The first-order chi connectivity index (χ1) is 19.5. The Kier molecular flexibility index (Phi) is 11.3. The molecule has 0 radical (unpaired) electrons. The first kappa shape index (κ1) is 30.0. The van der Waals surface area contributed by atoms with Gasteiger partial charge in [0.2, 0.25) is 5.82 Å². The van der Waals surface area contributed by atoms with Crippen molar-refractivity contribution in [3.05, 3.63) is 83.7 Å². The molecular formula is C36H43F3O. The number of hydrogen-bond donors (Lipinski definition) is 0. The summed E-state index contributed by atoms with van der Waals surface area (Å²) in [4.78, 5) is 0. The van der Waals surface area contributed by atoms with Crippen LogP contribution in [0.15, 0.2) is 60.7 Å². The fraction of sp³-hybridized carbons (Fsp3) is 0.444. The van der Waals surface area contributed by atoms with Crippen molar-refractivity contribution in [1.29, 1.82) is 0 Å². The van der Waals surface area contributed by atoms with E-state index in [0.717, 1.165) is 55.2 Å². The quantitative estimate of drug-likeness (QED) is 0.182. The van der Waals surface area contributed by atoms with Gasteiger partial charge in [-0.2, -0.15) is 4.39 Å². The molecule has 0 amide bonds. The van der Waals surface area contributed by atoms with Crippen molar-refractivity contribution in [2.75, 3.05) is 6.61 Å². The van der Waals surface area contributed by atoms with Crippen LogP contribution < -0.4 is 4.74 Å². The summed E-state index contributed by atoms with van der Waals surface area (Å²) in [5.74, 6) is -1.43. The highest BCUT2D eigenvalue weighted by Crippen LogP contribution is 2.36. The summed E-state index contributed by atoms with van der Waals surface area (Å²) >= 11 is 0. The zero-order valence-electron chi connectivity index (χ0n) is 24.1. The second-order valence-electron chi connectivity index (χ2n) is 11.1. The molecule has 0 spiro atoms. The molecule has 3 aromatic carbocycles. The van der Waals surface area contributed by atoms with Crippen molar-refractivity contribution in [3.63, 3.8) is 0 Å². The number of benzene rings is 3. The second kappa shape index (κ2) is 15.1. The summed E-state index contributed by atoms with van der Waals surface area (Å²) in [5, 5.41) is 0. The molecule has 0 saturated heterocycles. The van der Waals surface area contributed by atoms with E-state index in [1.165, 1.54) is 44.6 Å². The van der Waals surface area contributed by atoms with Gasteiger partial charge in [-0.1, -0.05) is 108 Å². The van der Waals surface area contributed by atoms with Crippen molar-refractivity contribution in [2.45, 2.75) is 90.9 Å². The largest absolute Gasteiger partial charge is 0.490 e. The van der Waals surface area contributed by atoms with Crippen LogP contribution in [0.5, 0.6) is 5.75 Å². The van der Waals surface area contributed by atoms with E-state index in [-0.39, 0.29) is 17.1 Å². The average Bonchev–Trinajstić information content (AvgIpc) is 2.97. The van der Waals surface area contributed by atoms with Gasteiger partial charge in [-0.05, 0) is 72.1 Å². The van der Waals surface area contributed by atoms with Crippen LogP contribution >= 0.6 is 0 Å². The van der Waals surface area contributed by atoms with Crippen LogP contribution in [0.3, 0.4) is 0 Å². The van der Waals surface area contributed by atoms with Crippen molar-refractivity contribution in [3.8, 4) is 28.0 Å². The molecule has 4 rings (SSSR count). The van der Waals surface area contributed by atoms with Crippen LogP contribution in [0, 0.1) is 23.4 Å². The summed E-state index contributed by atoms with van der Waals surface area (Å²) in [6.45, 7) is 4.79. The van der Waals surface area contributed by atoms with E-state index >= 15 is 4.39 Å². The summed E-state index contributed by atoms with van der Waals surface area (Å²) in [7, 11) is 0. The fourth-order valence-corrected chi connectivity index (χ4v) is 5.71. The van der Waals surface area contributed by atoms with Gasteiger partial charge < -0.3 is 4.74 Å². The Bertz CT molecular complexity index is 1260. The van der Waals surface area contributed by atoms with E-state index in [9.17, 15) is 8.78 Å². The molecule has 0 heterocycles. The van der Waals surface area contributed by atoms with Gasteiger partial charge in [-0.15, -0.1) is 0 Å². The maximum atomic E-state index is 15.1. The zero-order valence-corrected chi connectivity index (χ0v) is 24.1. The molecule has 4 heteroatoms. The lowest BCUT2D eigenvalue weighted by molar-refractivity contribution is 0.285. The van der Waals surface area contributed by atoms with E-state index < -0.39 is 11.6 Å². The molecule has 0 N–H and O–H groups in total. The predicted molar refractivity (Wildman–Crippen MR) is 161 cm³/mol. The van der Waals surface area contributed by atoms with Gasteiger partial charge in [-0.25, -0.2) is 8.78 Å². The number of unbranched alkanes of at least 4 members (excludes halogenated alkanes) is 6. The van der Waals surface area contributed by atoms with Gasteiger partial charge in [0.15, 0.2) is 11.6 Å². The van der Waals surface area contributed by atoms with E-state index in [2.05, 4.69) is 19.9 Å². The van der Waals surface area contributed by atoms with Crippen molar-refractivity contribution in [2.24, 2.45) is 5.92 Å². The highest BCUT2D eigenvalue weighted by atomic mass is 19.2. The third-order valence-corrected chi connectivity index (χ3v) is 8.11. The van der Waals surface area contributed by atoms with Gasteiger partial charge in [0, 0.05) is 11.1 Å². The molecule has 1 aliphatic rings. The van der Waals surface area contributed by atoms with Gasteiger partial charge in [-0.3, -0.25) is 0 Å². The van der Waals surface area contributed by atoms with Crippen molar-refractivity contribution >= 4 is 5.57 Å². The lowest BCUT2D eigenvalue weighted by Crippen LogP contribution is -2.05. The van der Waals surface area contributed by atoms with E-state index in [1.807, 2.05) is 24.3 Å². The summed E-state index contributed by atoms with van der Waals surface area (Å²) in [6, 6.07) is 15.6. The fourth-order valence-electron chi connectivity index (χ4n) is 5.71. The number of allylic oxidation sites excluding steroid dienone is 2. The Morgan fingerprint density at radius 2 is 1.38 bits per heavy atom. The first-order valence-electron chi connectivity index (χ1n) is 15.2. The second-order valence-corrected chi connectivity index (χ2v) is 11.1. The molecule has 3 aromatic rings. The molecule has 0 fully saturated rings. The molecule has 0 aromatic heterocycles. The standard InChI is InChI=1S/C36H43F3O/c1-3-5-6-7-8-9-10-24-40-34-23-22-32(35(38)36(34)39)29-18-16-27(17-19-29)30-20-21-31(33(37)25-30)28-14-12-26(11-4-2)13-15-28/h14,16-23,25-26H,3-13,15,24H2,1-2H3. The molecule has 0 bridgehead atoms. The monoisotopic (exact) mass is 548 g/mol. The topological polar surface area (TPSA) is 9.23 Å². The van der Waals surface area contributed by atoms with Gasteiger partial charge in [0.05, 0.1) is 6.61 Å². The zero-order chi connectivity index (χ0) is 28.3. The first-order valence-corrected chi connectivity index (χ1v) is 15.2. The minimum atomic E-state index is -0.958.